The molecule has 1 saturated carbocycles. The van der Waals surface area contributed by atoms with Gasteiger partial charge in [-0.2, -0.15) is 0 Å². The highest BCUT2D eigenvalue weighted by molar-refractivity contribution is 5.47. The third kappa shape index (κ3) is 2.58. The van der Waals surface area contributed by atoms with Gasteiger partial charge in [-0.25, -0.2) is 4.98 Å². The summed E-state index contributed by atoms with van der Waals surface area (Å²) >= 11 is 0. The minimum absolute atomic E-state index is 0.193. The lowest BCUT2D eigenvalue weighted by Gasteiger charge is -2.20. The number of nitrogens with zero attached hydrogens (tertiary/aromatic N) is 2. The second-order valence-corrected chi connectivity index (χ2v) is 5.03. The molecule has 1 aromatic rings. The van der Waals surface area contributed by atoms with Gasteiger partial charge in [-0.15, -0.1) is 0 Å². The summed E-state index contributed by atoms with van der Waals surface area (Å²) in [5.74, 6) is 1.04. The van der Waals surface area contributed by atoms with Crippen LogP contribution in [0.2, 0.25) is 0 Å². The fraction of sp³-hybridized carbons (Fsp3) is 0.615. The first kappa shape index (κ1) is 11.0. The summed E-state index contributed by atoms with van der Waals surface area (Å²) in [6, 6.07) is 4.83. The van der Waals surface area contributed by atoms with Crippen molar-refractivity contribution in [2.24, 2.45) is 0 Å². The van der Waals surface area contributed by atoms with Gasteiger partial charge in [0.05, 0.1) is 6.10 Å². The van der Waals surface area contributed by atoms with Crippen LogP contribution in [0.5, 0.6) is 0 Å². The van der Waals surface area contributed by atoms with Gasteiger partial charge in [0.25, 0.3) is 0 Å². The number of anilines is 1. The van der Waals surface area contributed by atoms with Gasteiger partial charge in [-0.3, -0.25) is 0 Å². The summed E-state index contributed by atoms with van der Waals surface area (Å²) in [6.45, 7) is 2.52. The monoisotopic (exact) mass is 233 g/mol. The maximum Gasteiger partial charge on any atom is 0.133 e. The number of nitrogens with one attached hydrogen (secondary N) is 1. The molecule has 1 unspecified atom stereocenters. The number of pyridine rings is 1. The average molecular weight is 233 g/mol. The van der Waals surface area contributed by atoms with Crippen molar-refractivity contribution in [3.8, 4) is 0 Å². The SMILES string of the molecule is OC1CCN(c2ncccc2CNC2CC2)C1. The molecule has 0 radical (unpaired) electrons. The predicted octanol–water partition coefficient (Wildman–Crippen LogP) is 0.905. The Labute approximate surface area is 102 Å². The Kier molecular flexibility index (Phi) is 2.99. The van der Waals surface area contributed by atoms with Gasteiger partial charge < -0.3 is 15.3 Å². The lowest BCUT2D eigenvalue weighted by atomic mass is 10.2. The first-order valence-electron chi connectivity index (χ1n) is 6.43. The molecule has 92 valence electrons. The van der Waals surface area contributed by atoms with Crippen LogP contribution in [0.4, 0.5) is 5.82 Å². The second-order valence-electron chi connectivity index (χ2n) is 5.03. The van der Waals surface area contributed by atoms with Crippen LogP contribution in [0.15, 0.2) is 18.3 Å². The van der Waals surface area contributed by atoms with Crippen LogP contribution in [-0.4, -0.2) is 35.3 Å². The highest BCUT2D eigenvalue weighted by Crippen LogP contribution is 2.24. The molecule has 1 aromatic heterocycles. The van der Waals surface area contributed by atoms with Crippen LogP contribution in [-0.2, 0) is 6.54 Å². The van der Waals surface area contributed by atoms with Crippen molar-refractivity contribution in [2.45, 2.75) is 38.0 Å². The topological polar surface area (TPSA) is 48.4 Å². The summed E-state index contributed by atoms with van der Waals surface area (Å²) < 4.78 is 0. The van der Waals surface area contributed by atoms with Gasteiger partial charge in [-0.1, -0.05) is 6.07 Å². The third-order valence-corrected chi connectivity index (χ3v) is 3.49. The number of aliphatic hydroxyl groups is 1. The Morgan fingerprint density at radius 1 is 1.41 bits per heavy atom. The lowest BCUT2D eigenvalue weighted by Crippen LogP contribution is -2.25. The van der Waals surface area contributed by atoms with E-state index in [-0.39, 0.29) is 6.10 Å². The first-order valence-corrected chi connectivity index (χ1v) is 6.43. The highest BCUT2D eigenvalue weighted by atomic mass is 16.3. The molecule has 1 aliphatic carbocycles. The molecule has 3 rings (SSSR count). The third-order valence-electron chi connectivity index (χ3n) is 3.49. The molecule has 2 fully saturated rings. The fourth-order valence-corrected chi connectivity index (χ4v) is 2.33. The van der Waals surface area contributed by atoms with Crippen molar-refractivity contribution in [3.63, 3.8) is 0 Å². The lowest BCUT2D eigenvalue weighted by molar-refractivity contribution is 0.198. The van der Waals surface area contributed by atoms with E-state index in [1.807, 2.05) is 12.3 Å². The van der Waals surface area contributed by atoms with E-state index in [9.17, 15) is 5.11 Å². The highest BCUT2D eigenvalue weighted by Gasteiger charge is 2.24. The molecule has 2 heterocycles. The number of aromatic nitrogens is 1. The molecule has 0 spiro atoms. The first-order chi connectivity index (χ1) is 8.33. The molecule has 17 heavy (non-hydrogen) atoms. The number of hydrogen-bond donors (Lipinski definition) is 2. The number of hydrogen-bond acceptors (Lipinski definition) is 4. The largest absolute Gasteiger partial charge is 0.391 e. The van der Waals surface area contributed by atoms with Gasteiger partial charge in [-0.05, 0) is 25.3 Å². The van der Waals surface area contributed by atoms with Gasteiger partial charge in [0, 0.05) is 37.4 Å². The van der Waals surface area contributed by atoms with Crippen molar-refractivity contribution in [1.29, 1.82) is 0 Å². The summed E-state index contributed by atoms with van der Waals surface area (Å²) in [5, 5.41) is 13.1. The Morgan fingerprint density at radius 3 is 3.00 bits per heavy atom. The quantitative estimate of drug-likeness (QED) is 0.811. The second kappa shape index (κ2) is 4.63. The zero-order valence-corrected chi connectivity index (χ0v) is 9.97. The van der Waals surface area contributed by atoms with Gasteiger partial charge in [0.1, 0.15) is 5.82 Å². The molecule has 0 amide bonds. The zero-order valence-electron chi connectivity index (χ0n) is 9.97. The molecule has 2 aliphatic rings. The fourth-order valence-electron chi connectivity index (χ4n) is 2.33. The van der Waals surface area contributed by atoms with Gasteiger partial charge in [0.2, 0.25) is 0 Å². The van der Waals surface area contributed by atoms with Crippen LogP contribution in [0.3, 0.4) is 0 Å². The van der Waals surface area contributed by atoms with Crippen LogP contribution < -0.4 is 10.2 Å². The molecule has 0 aromatic carbocycles. The summed E-state index contributed by atoms with van der Waals surface area (Å²) in [6.07, 6.45) is 5.10. The van der Waals surface area contributed by atoms with E-state index in [0.717, 1.165) is 25.3 Å². The normalized spacial score (nSPS) is 24.3. The van der Waals surface area contributed by atoms with Crippen molar-refractivity contribution in [1.82, 2.24) is 10.3 Å². The van der Waals surface area contributed by atoms with E-state index in [2.05, 4.69) is 21.3 Å². The van der Waals surface area contributed by atoms with E-state index in [1.165, 1.54) is 18.4 Å². The van der Waals surface area contributed by atoms with E-state index in [4.69, 9.17) is 0 Å². The minimum atomic E-state index is -0.193. The smallest absolute Gasteiger partial charge is 0.133 e. The van der Waals surface area contributed by atoms with Crippen molar-refractivity contribution in [3.05, 3.63) is 23.9 Å². The summed E-state index contributed by atoms with van der Waals surface area (Å²) in [4.78, 5) is 6.66. The van der Waals surface area contributed by atoms with E-state index >= 15 is 0 Å². The van der Waals surface area contributed by atoms with E-state index in [1.54, 1.807) is 0 Å². The van der Waals surface area contributed by atoms with Gasteiger partial charge >= 0.3 is 0 Å². The Balaban J connectivity index is 1.72. The van der Waals surface area contributed by atoms with E-state index in [0.29, 0.717) is 12.6 Å². The Bertz CT molecular complexity index is 392. The standard InChI is InChI=1S/C13H19N3O/c17-12-5-7-16(9-12)13-10(2-1-6-14-13)8-15-11-3-4-11/h1-2,6,11-12,15,17H,3-5,7-9H2. The minimum Gasteiger partial charge on any atom is -0.391 e. The van der Waals surface area contributed by atoms with Crippen LogP contribution in [0.1, 0.15) is 24.8 Å². The number of aliphatic hydroxyl groups excluding tert-OH is 1. The van der Waals surface area contributed by atoms with Crippen molar-refractivity contribution in [2.75, 3.05) is 18.0 Å². The molecular weight excluding hydrogens is 214 g/mol. The number of rotatable bonds is 4. The maximum atomic E-state index is 9.59. The van der Waals surface area contributed by atoms with Crippen LogP contribution in [0, 0.1) is 0 Å². The molecule has 1 atom stereocenters. The Morgan fingerprint density at radius 2 is 2.29 bits per heavy atom. The summed E-state index contributed by atoms with van der Waals surface area (Å²) in [5.41, 5.74) is 1.24. The number of β-amino-alcohol motifs (C(OH)–C–C–N with tert-alkyl or cyclic N) is 1. The summed E-state index contributed by atoms with van der Waals surface area (Å²) in [7, 11) is 0. The molecule has 1 saturated heterocycles. The molecule has 0 bridgehead atoms. The molecule has 2 N–H and O–H groups in total. The average Bonchev–Trinajstić information content (AvgIpc) is 3.08. The van der Waals surface area contributed by atoms with Gasteiger partial charge in [0.15, 0.2) is 0 Å². The molecule has 4 nitrogen and oxygen atoms in total. The molecule has 1 aliphatic heterocycles. The zero-order chi connectivity index (χ0) is 11.7. The van der Waals surface area contributed by atoms with Crippen molar-refractivity contribution >= 4 is 5.82 Å². The maximum absolute atomic E-state index is 9.59. The van der Waals surface area contributed by atoms with Crippen molar-refractivity contribution < 1.29 is 5.11 Å². The predicted molar refractivity (Wildman–Crippen MR) is 66.9 cm³/mol. The molecular formula is C13H19N3O. The molecule has 4 heteroatoms. The van der Waals surface area contributed by atoms with Crippen LogP contribution in [0.25, 0.3) is 0 Å². The van der Waals surface area contributed by atoms with E-state index < -0.39 is 0 Å². The Hall–Kier alpha value is -1.13. The van der Waals surface area contributed by atoms with Crippen LogP contribution >= 0.6 is 0 Å².